The predicted octanol–water partition coefficient (Wildman–Crippen LogP) is 1.53. The molecule has 5 heteroatoms. The van der Waals surface area contributed by atoms with Crippen molar-refractivity contribution < 1.29 is 9.53 Å². The lowest BCUT2D eigenvalue weighted by atomic mass is 9.90. The molecule has 2 heterocycles. The minimum absolute atomic E-state index is 0.334. The van der Waals surface area contributed by atoms with E-state index < -0.39 is 11.7 Å². The third-order valence-corrected chi connectivity index (χ3v) is 3.65. The average Bonchev–Trinajstić information content (AvgIpc) is 2.66. The third kappa shape index (κ3) is 1.72. The van der Waals surface area contributed by atoms with Gasteiger partial charge in [0.2, 0.25) is 0 Å². The lowest BCUT2D eigenvalue weighted by Gasteiger charge is -2.38. The van der Waals surface area contributed by atoms with E-state index >= 15 is 0 Å². The molecule has 2 aliphatic heterocycles. The van der Waals surface area contributed by atoms with Gasteiger partial charge in [0.15, 0.2) is 11.4 Å². The van der Waals surface area contributed by atoms with E-state index in [1.54, 1.807) is 0 Å². The maximum atomic E-state index is 11.2. The molecule has 0 unspecified atom stereocenters. The first-order chi connectivity index (χ1) is 8.70. The number of benzene rings is 1. The molecule has 1 aromatic rings. The number of ether oxygens (including phenoxy) is 1. The van der Waals surface area contributed by atoms with Gasteiger partial charge in [0.05, 0.1) is 0 Å². The summed E-state index contributed by atoms with van der Waals surface area (Å²) in [5.74, 6) is 0.334. The molecule has 1 amide bonds. The van der Waals surface area contributed by atoms with Gasteiger partial charge in [0.25, 0.3) is 0 Å². The summed E-state index contributed by atoms with van der Waals surface area (Å²) in [6.45, 7) is 1.63. The Bertz CT molecular complexity index is 490. The van der Waals surface area contributed by atoms with E-state index in [-0.39, 0.29) is 0 Å². The van der Waals surface area contributed by atoms with Crippen LogP contribution in [0.1, 0.15) is 12.8 Å². The zero-order valence-corrected chi connectivity index (χ0v) is 10.0. The molecule has 1 saturated heterocycles. The minimum atomic E-state index is -0.650. The van der Waals surface area contributed by atoms with Crippen LogP contribution < -0.4 is 10.6 Å². The smallest absolute Gasteiger partial charge is 0.433 e. The van der Waals surface area contributed by atoms with Gasteiger partial charge in [-0.1, -0.05) is 18.2 Å². The van der Waals surface area contributed by atoms with Crippen molar-refractivity contribution in [2.45, 2.75) is 18.4 Å². The quantitative estimate of drug-likeness (QED) is 0.814. The zero-order chi connectivity index (χ0) is 12.6. The van der Waals surface area contributed by atoms with Crippen LogP contribution in [-0.4, -0.2) is 30.6 Å². The molecule has 1 spiro atoms. The second kappa shape index (κ2) is 4.01. The lowest BCUT2D eigenvalue weighted by Crippen LogP contribution is -2.51. The number of carbonyl (C=O) groups is 1. The Kier molecular flexibility index (Phi) is 2.47. The Morgan fingerprint density at radius 1 is 1.22 bits per heavy atom. The number of nitrogens with two attached hydrogens (primary N) is 1. The van der Waals surface area contributed by atoms with E-state index in [0.29, 0.717) is 18.7 Å². The van der Waals surface area contributed by atoms with Crippen molar-refractivity contribution in [1.29, 1.82) is 0 Å². The summed E-state index contributed by atoms with van der Waals surface area (Å²) >= 11 is 0. The number of nitrogens with zero attached hydrogens (tertiary/aromatic N) is 2. The van der Waals surface area contributed by atoms with E-state index in [1.165, 1.54) is 5.69 Å². The molecule has 0 aromatic heterocycles. The van der Waals surface area contributed by atoms with Crippen LogP contribution in [0.25, 0.3) is 0 Å². The molecule has 2 N–H and O–H groups in total. The van der Waals surface area contributed by atoms with Crippen molar-refractivity contribution >= 4 is 17.6 Å². The Morgan fingerprint density at radius 3 is 2.44 bits per heavy atom. The number of aliphatic imine (C=N–C) groups is 1. The first-order valence-electron chi connectivity index (χ1n) is 6.07. The van der Waals surface area contributed by atoms with Gasteiger partial charge in [0.1, 0.15) is 0 Å². The summed E-state index contributed by atoms with van der Waals surface area (Å²) < 4.78 is 5.29. The SMILES string of the molecule is NC1=NC(=O)OC12CCN(c1ccccc1)CC2. The zero-order valence-electron chi connectivity index (χ0n) is 10.0. The molecule has 1 aromatic carbocycles. The number of para-hydroxylation sites is 1. The highest BCUT2D eigenvalue weighted by Gasteiger charge is 2.46. The third-order valence-electron chi connectivity index (χ3n) is 3.65. The molecule has 3 rings (SSSR count). The molecule has 0 atom stereocenters. The lowest BCUT2D eigenvalue weighted by molar-refractivity contribution is 0.0629. The van der Waals surface area contributed by atoms with Crippen LogP contribution in [0, 0.1) is 0 Å². The van der Waals surface area contributed by atoms with Crippen molar-refractivity contribution in [2.24, 2.45) is 10.7 Å². The van der Waals surface area contributed by atoms with Crippen LogP contribution in [0.5, 0.6) is 0 Å². The van der Waals surface area contributed by atoms with Crippen LogP contribution in [0.2, 0.25) is 0 Å². The van der Waals surface area contributed by atoms with E-state index in [2.05, 4.69) is 22.0 Å². The Balaban J connectivity index is 1.73. The summed E-state index contributed by atoms with van der Waals surface area (Å²) in [7, 11) is 0. The Morgan fingerprint density at radius 2 is 1.89 bits per heavy atom. The molecular formula is C13H15N3O2. The molecule has 5 nitrogen and oxygen atoms in total. The number of hydrogen-bond acceptors (Lipinski definition) is 4. The maximum Gasteiger partial charge on any atom is 0.436 e. The molecule has 18 heavy (non-hydrogen) atoms. The molecule has 1 fully saturated rings. The minimum Gasteiger partial charge on any atom is -0.433 e. The first-order valence-corrected chi connectivity index (χ1v) is 6.07. The van der Waals surface area contributed by atoms with Gasteiger partial charge in [-0.15, -0.1) is 0 Å². The number of carbonyl (C=O) groups excluding carboxylic acids is 1. The second-order valence-corrected chi connectivity index (χ2v) is 4.68. The van der Waals surface area contributed by atoms with Gasteiger partial charge in [-0.2, -0.15) is 4.99 Å². The fourth-order valence-corrected chi connectivity index (χ4v) is 2.57. The largest absolute Gasteiger partial charge is 0.436 e. The van der Waals surface area contributed by atoms with Crippen molar-refractivity contribution in [1.82, 2.24) is 0 Å². The van der Waals surface area contributed by atoms with Gasteiger partial charge >= 0.3 is 6.09 Å². The second-order valence-electron chi connectivity index (χ2n) is 4.68. The molecule has 0 bridgehead atoms. The van der Waals surface area contributed by atoms with E-state index in [0.717, 1.165) is 13.1 Å². The Labute approximate surface area is 105 Å². The molecule has 0 radical (unpaired) electrons. The van der Waals surface area contributed by atoms with Gasteiger partial charge < -0.3 is 15.4 Å². The standard InChI is InChI=1S/C13H15N3O2/c14-11-13(18-12(17)15-11)6-8-16(9-7-13)10-4-2-1-3-5-10/h1-5H,6-9H2,(H2,14,15,17). The molecule has 0 aliphatic carbocycles. The average molecular weight is 245 g/mol. The summed E-state index contributed by atoms with van der Waals surface area (Å²) in [6.07, 6.45) is 0.840. The van der Waals surface area contributed by atoms with Gasteiger partial charge in [-0.25, -0.2) is 4.79 Å². The highest BCUT2D eigenvalue weighted by atomic mass is 16.6. The number of amides is 1. The summed E-state index contributed by atoms with van der Waals surface area (Å²) in [5, 5.41) is 0. The van der Waals surface area contributed by atoms with E-state index in [1.807, 2.05) is 18.2 Å². The van der Waals surface area contributed by atoms with E-state index in [9.17, 15) is 4.79 Å². The van der Waals surface area contributed by atoms with Crippen molar-refractivity contribution in [2.75, 3.05) is 18.0 Å². The van der Waals surface area contributed by atoms with Crippen molar-refractivity contribution in [3.8, 4) is 0 Å². The topological polar surface area (TPSA) is 67.9 Å². The van der Waals surface area contributed by atoms with Crippen LogP contribution in [0.15, 0.2) is 35.3 Å². The fraction of sp³-hybridized carbons (Fsp3) is 0.385. The van der Waals surface area contributed by atoms with Crippen LogP contribution in [-0.2, 0) is 4.74 Å². The van der Waals surface area contributed by atoms with Crippen molar-refractivity contribution in [3.05, 3.63) is 30.3 Å². The predicted molar refractivity (Wildman–Crippen MR) is 68.7 cm³/mol. The van der Waals surface area contributed by atoms with Crippen LogP contribution >= 0.6 is 0 Å². The van der Waals surface area contributed by atoms with Crippen molar-refractivity contribution in [3.63, 3.8) is 0 Å². The molecule has 2 aliphatic rings. The normalized spacial score (nSPS) is 21.9. The fourth-order valence-electron chi connectivity index (χ4n) is 2.57. The summed E-state index contributed by atoms with van der Waals surface area (Å²) in [4.78, 5) is 17.1. The highest BCUT2D eigenvalue weighted by molar-refractivity contribution is 6.02. The first kappa shape index (κ1) is 11.1. The summed E-state index contributed by atoms with van der Waals surface area (Å²) in [6, 6.07) is 10.2. The maximum absolute atomic E-state index is 11.2. The monoisotopic (exact) mass is 245 g/mol. The van der Waals surface area contributed by atoms with Crippen LogP contribution in [0.3, 0.4) is 0 Å². The molecule has 0 saturated carbocycles. The number of hydrogen-bond donors (Lipinski definition) is 1. The number of rotatable bonds is 1. The molecular weight excluding hydrogens is 230 g/mol. The number of anilines is 1. The summed E-state index contributed by atoms with van der Waals surface area (Å²) in [5.41, 5.74) is 6.34. The number of piperidine rings is 1. The van der Waals surface area contributed by atoms with Gasteiger partial charge in [-0.05, 0) is 12.1 Å². The van der Waals surface area contributed by atoms with Gasteiger partial charge in [-0.3, -0.25) is 0 Å². The Hall–Kier alpha value is -2.04. The van der Waals surface area contributed by atoms with Gasteiger partial charge in [0, 0.05) is 31.6 Å². The molecule has 94 valence electrons. The highest BCUT2D eigenvalue weighted by Crippen LogP contribution is 2.32. The van der Waals surface area contributed by atoms with Crippen LogP contribution in [0.4, 0.5) is 10.5 Å². The number of amidine groups is 1. The van der Waals surface area contributed by atoms with E-state index in [4.69, 9.17) is 10.5 Å².